The van der Waals surface area contributed by atoms with Crippen molar-refractivity contribution in [3.05, 3.63) is 0 Å². The lowest BCUT2D eigenvalue weighted by molar-refractivity contribution is 0.221. The molecule has 0 saturated carbocycles. The number of hydrogen-bond acceptors (Lipinski definition) is 0. The Morgan fingerprint density at radius 1 is 0.778 bits per heavy atom. The van der Waals surface area contributed by atoms with E-state index < -0.39 is 0 Å². The molecule has 0 nitrogen and oxygen atoms in total. The minimum absolute atomic E-state index is 0.620. The lowest BCUT2D eigenvalue weighted by Gasteiger charge is -2.30. The van der Waals surface area contributed by atoms with Gasteiger partial charge in [0, 0.05) is 0 Å². The van der Waals surface area contributed by atoms with Gasteiger partial charge >= 0.3 is 0 Å². The lowest BCUT2D eigenvalue weighted by Crippen LogP contribution is -2.17. The van der Waals surface area contributed by atoms with Crippen LogP contribution in [-0.2, 0) is 0 Å². The molecule has 0 aromatic carbocycles. The fraction of sp³-hybridized carbons (Fsp3) is 1.00. The molecule has 110 valence electrons. The predicted octanol–water partition coefficient (Wildman–Crippen LogP) is 6.98. The third-order valence-electron chi connectivity index (χ3n) is 4.94. The van der Waals surface area contributed by atoms with Crippen molar-refractivity contribution >= 4 is 0 Å². The lowest BCUT2D eigenvalue weighted by atomic mass is 9.76. The van der Waals surface area contributed by atoms with Gasteiger partial charge in [-0.1, -0.05) is 86.0 Å². The van der Waals surface area contributed by atoms with E-state index in [0.29, 0.717) is 5.41 Å². The third kappa shape index (κ3) is 8.16. The van der Waals surface area contributed by atoms with E-state index in [1.807, 2.05) is 0 Å². The van der Waals surface area contributed by atoms with Crippen LogP contribution in [0, 0.1) is 11.3 Å². The zero-order chi connectivity index (χ0) is 13.9. The van der Waals surface area contributed by atoms with Crippen LogP contribution in [0.5, 0.6) is 0 Å². The molecule has 0 N–H and O–H groups in total. The average molecular weight is 255 g/mol. The minimum Gasteiger partial charge on any atom is -0.0654 e. The molecule has 0 heteroatoms. The summed E-state index contributed by atoms with van der Waals surface area (Å²) in [6.07, 6.45) is 15.6. The average Bonchev–Trinajstić information content (AvgIpc) is 2.39. The summed E-state index contributed by atoms with van der Waals surface area (Å²) in [6, 6.07) is 0. The highest BCUT2D eigenvalue weighted by Gasteiger charge is 2.22. The minimum atomic E-state index is 0.620. The van der Waals surface area contributed by atoms with Crippen LogP contribution in [0.1, 0.15) is 105 Å². The van der Waals surface area contributed by atoms with E-state index in [4.69, 9.17) is 0 Å². The molecule has 0 aromatic heterocycles. The molecule has 0 spiro atoms. The highest BCUT2D eigenvalue weighted by molar-refractivity contribution is 4.74. The molecule has 0 amide bonds. The van der Waals surface area contributed by atoms with Gasteiger partial charge in [-0.15, -0.1) is 0 Å². The van der Waals surface area contributed by atoms with E-state index in [9.17, 15) is 0 Å². The highest BCUT2D eigenvalue weighted by Crippen LogP contribution is 2.36. The van der Waals surface area contributed by atoms with Gasteiger partial charge in [0.1, 0.15) is 0 Å². The molecule has 0 rings (SSSR count). The van der Waals surface area contributed by atoms with E-state index in [0.717, 1.165) is 5.92 Å². The standard InChI is InChI=1S/C18H38/c1-6-10-12-15-18(5,9-4)16-14-17(8-3)13-11-7-2/h17H,6-16H2,1-5H3. The van der Waals surface area contributed by atoms with Crippen LogP contribution in [0.2, 0.25) is 0 Å². The second-order valence-corrected chi connectivity index (χ2v) is 6.58. The summed E-state index contributed by atoms with van der Waals surface area (Å²) >= 11 is 0. The smallest absolute Gasteiger partial charge is 0.0328 e. The summed E-state index contributed by atoms with van der Waals surface area (Å²) in [5.41, 5.74) is 0.620. The van der Waals surface area contributed by atoms with Gasteiger partial charge in [0.15, 0.2) is 0 Å². The molecule has 2 unspecified atom stereocenters. The second kappa shape index (κ2) is 10.9. The Morgan fingerprint density at radius 3 is 1.94 bits per heavy atom. The SMILES string of the molecule is CCCCCC(C)(CC)CCC(CC)CCCC. The molecular formula is C18H38. The van der Waals surface area contributed by atoms with Gasteiger partial charge in [-0.05, 0) is 30.6 Å². The maximum Gasteiger partial charge on any atom is -0.0328 e. The van der Waals surface area contributed by atoms with E-state index in [1.54, 1.807) is 0 Å². The molecule has 0 heterocycles. The van der Waals surface area contributed by atoms with Gasteiger partial charge in [-0.2, -0.15) is 0 Å². The van der Waals surface area contributed by atoms with Gasteiger partial charge in [-0.3, -0.25) is 0 Å². The van der Waals surface area contributed by atoms with Crippen molar-refractivity contribution in [1.29, 1.82) is 0 Å². The zero-order valence-corrected chi connectivity index (χ0v) is 13.9. The molecule has 0 radical (unpaired) electrons. The first-order chi connectivity index (χ1) is 8.61. The summed E-state index contributed by atoms with van der Waals surface area (Å²) in [4.78, 5) is 0. The van der Waals surface area contributed by atoms with Gasteiger partial charge < -0.3 is 0 Å². The van der Waals surface area contributed by atoms with Crippen molar-refractivity contribution < 1.29 is 0 Å². The Balaban J connectivity index is 4.00. The van der Waals surface area contributed by atoms with Crippen molar-refractivity contribution in [3.63, 3.8) is 0 Å². The van der Waals surface area contributed by atoms with Crippen LogP contribution in [0.3, 0.4) is 0 Å². The summed E-state index contributed by atoms with van der Waals surface area (Å²) in [5.74, 6) is 0.988. The molecule has 0 aromatic rings. The van der Waals surface area contributed by atoms with Crippen LogP contribution in [0.15, 0.2) is 0 Å². The summed E-state index contributed by atoms with van der Waals surface area (Å²) in [5, 5.41) is 0. The summed E-state index contributed by atoms with van der Waals surface area (Å²) < 4.78 is 0. The number of unbranched alkanes of at least 4 members (excludes halogenated alkanes) is 3. The van der Waals surface area contributed by atoms with Crippen LogP contribution in [0.4, 0.5) is 0 Å². The molecule has 0 bridgehead atoms. The molecule has 0 aliphatic heterocycles. The molecule has 0 saturated heterocycles. The highest BCUT2D eigenvalue weighted by atomic mass is 14.3. The van der Waals surface area contributed by atoms with Crippen molar-refractivity contribution in [2.75, 3.05) is 0 Å². The van der Waals surface area contributed by atoms with Gasteiger partial charge in [0.2, 0.25) is 0 Å². The third-order valence-corrected chi connectivity index (χ3v) is 4.94. The summed E-state index contributed by atoms with van der Waals surface area (Å²) in [7, 11) is 0. The van der Waals surface area contributed by atoms with Crippen LogP contribution >= 0.6 is 0 Å². The maximum absolute atomic E-state index is 2.52. The number of rotatable bonds is 12. The Labute approximate surface area is 117 Å². The van der Waals surface area contributed by atoms with Gasteiger partial charge in [-0.25, -0.2) is 0 Å². The van der Waals surface area contributed by atoms with Gasteiger partial charge in [0.05, 0.1) is 0 Å². The largest absolute Gasteiger partial charge is 0.0654 e. The monoisotopic (exact) mass is 254 g/mol. The molecule has 0 aliphatic rings. The van der Waals surface area contributed by atoms with Crippen molar-refractivity contribution in [2.24, 2.45) is 11.3 Å². The normalized spacial score (nSPS) is 16.5. The Morgan fingerprint density at radius 2 is 1.44 bits per heavy atom. The van der Waals surface area contributed by atoms with Crippen molar-refractivity contribution in [1.82, 2.24) is 0 Å². The second-order valence-electron chi connectivity index (χ2n) is 6.58. The maximum atomic E-state index is 2.52. The Bertz CT molecular complexity index is 173. The topological polar surface area (TPSA) is 0 Å². The van der Waals surface area contributed by atoms with Gasteiger partial charge in [0.25, 0.3) is 0 Å². The van der Waals surface area contributed by atoms with Crippen LogP contribution < -0.4 is 0 Å². The van der Waals surface area contributed by atoms with Crippen LogP contribution in [-0.4, -0.2) is 0 Å². The van der Waals surface area contributed by atoms with Crippen molar-refractivity contribution in [3.8, 4) is 0 Å². The Kier molecular flexibility index (Phi) is 10.9. The summed E-state index contributed by atoms with van der Waals surface area (Å²) in [6.45, 7) is 11.9. The van der Waals surface area contributed by atoms with Crippen molar-refractivity contribution in [2.45, 2.75) is 105 Å². The molecule has 0 fully saturated rings. The molecular weight excluding hydrogens is 216 g/mol. The first-order valence-electron chi connectivity index (χ1n) is 8.61. The molecule has 2 atom stereocenters. The van der Waals surface area contributed by atoms with E-state index in [2.05, 4.69) is 34.6 Å². The quantitative estimate of drug-likeness (QED) is 0.329. The van der Waals surface area contributed by atoms with E-state index >= 15 is 0 Å². The zero-order valence-electron chi connectivity index (χ0n) is 13.9. The van der Waals surface area contributed by atoms with E-state index in [1.165, 1.54) is 70.6 Å². The van der Waals surface area contributed by atoms with Crippen LogP contribution in [0.25, 0.3) is 0 Å². The first-order valence-corrected chi connectivity index (χ1v) is 8.61. The molecule has 18 heavy (non-hydrogen) atoms. The fourth-order valence-electron chi connectivity index (χ4n) is 2.88. The molecule has 0 aliphatic carbocycles. The Hall–Kier alpha value is 0. The predicted molar refractivity (Wildman–Crippen MR) is 85.1 cm³/mol. The fourth-order valence-corrected chi connectivity index (χ4v) is 2.88. The van der Waals surface area contributed by atoms with E-state index in [-0.39, 0.29) is 0 Å². The first kappa shape index (κ1) is 18.0. The number of hydrogen-bond donors (Lipinski definition) is 0.